The number of unbranched alkanes of at least 4 members (excludes halogenated alkanes) is 23. The third-order valence-electron chi connectivity index (χ3n) is 12.1. The van der Waals surface area contributed by atoms with Crippen molar-refractivity contribution in [2.45, 2.75) is 256 Å². The van der Waals surface area contributed by atoms with E-state index in [1.54, 1.807) is 6.08 Å². The SMILES string of the molecule is C/C=C/CC/C=C/CC/C=C/C(O)C(COC1OC(CO)C(O)C(O)C1O)NC(=O)CCCCCCC/C=C\CCCCCCCCCCCOC(=O)CCCCCCC/C=C\CCCC. The van der Waals surface area contributed by atoms with Crippen LogP contribution >= 0.6 is 0 Å². The van der Waals surface area contributed by atoms with Gasteiger partial charge in [-0.3, -0.25) is 9.59 Å². The van der Waals surface area contributed by atoms with Gasteiger partial charge in [0.15, 0.2) is 6.29 Å². The van der Waals surface area contributed by atoms with Gasteiger partial charge in [0.05, 0.1) is 32.0 Å². The minimum atomic E-state index is -1.58. The molecule has 1 rings (SSSR count). The molecule has 1 aliphatic heterocycles. The molecule has 0 aliphatic carbocycles. The number of carbonyl (C=O) groups excluding carboxylic acids is 2. The molecular formula is C55H97NO10. The lowest BCUT2D eigenvalue weighted by Gasteiger charge is -2.40. The lowest BCUT2D eigenvalue weighted by Crippen LogP contribution is -2.60. The number of ether oxygens (including phenoxy) is 3. The molecule has 0 saturated carbocycles. The van der Waals surface area contributed by atoms with Crippen LogP contribution in [0, 0.1) is 0 Å². The fourth-order valence-corrected chi connectivity index (χ4v) is 7.86. The van der Waals surface area contributed by atoms with Gasteiger partial charge in [-0.15, -0.1) is 0 Å². The molecule has 0 aromatic carbocycles. The highest BCUT2D eigenvalue weighted by molar-refractivity contribution is 5.76. The smallest absolute Gasteiger partial charge is 0.305 e. The van der Waals surface area contributed by atoms with E-state index in [1.165, 1.54) is 89.9 Å². The average Bonchev–Trinajstić information content (AvgIpc) is 3.31. The highest BCUT2D eigenvalue weighted by Crippen LogP contribution is 2.23. The Balaban J connectivity index is 2.11. The Labute approximate surface area is 401 Å². The second kappa shape index (κ2) is 44.8. The van der Waals surface area contributed by atoms with E-state index in [-0.39, 0.29) is 18.5 Å². The van der Waals surface area contributed by atoms with E-state index in [1.807, 2.05) is 19.1 Å². The molecule has 1 saturated heterocycles. The van der Waals surface area contributed by atoms with Crippen molar-refractivity contribution in [1.29, 1.82) is 0 Å². The van der Waals surface area contributed by atoms with Crippen molar-refractivity contribution in [2.75, 3.05) is 19.8 Å². The molecule has 7 unspecified atom stereocenters. The van der Waals surface area contributed by atoms with E-state index in [0.29, 0.717) is 25.9 Å². The zero-order valence-electron chi connectivity index (χ0n) is 41.6. The molecule has 0 aromatic heterocycles. The number of aliphatic hydroxyl groups is 5. The first-order valence-corrected chi connectivity index (χ1v) is 26.5. The number of rotatable bonds is 44. The number of hydrogen-bond acceptors (Lipinski definition) is 10. The van der Waals surface area contributed by atoms with Gasteiger partial charge in [-0.05, 0) is 96.8 Å². The Morgan fingerprint density at radius 3 is 1.59 bits per heavy atom. The zero-order valence-corrected chi connectivity index (χ0v) is 41.6. The van der Waals surface area contributed by atoms with Crippen LogP contribution in [0.4, 0.5) is 0 Å². The van der Waals surface area contributed by atoms with Crippen LogP contribution in [0.5, 0.6) is 0 Å². The molecule has 66 heavy (non-hydrogen) atoms. The van der Waals surface area contributed by atoms with Crippen LogP contribution in [0.2, 0.25) is 0 Å². The fraction of sp³-hybridized carbons (Fsp3) is 0.782. The molecule has 0 aromatic rings. The summed E-state index contributed by atoms with van der Waals surface area (Å²) in [6.45, 7) is 4.00. The maximum Gasteiger partial charge on any atom is 0.305 e. The van der Waals surface area contributed by atoms with E-state index in [9.17, 15) is 35.1 Å². The van der Waals surface area contributed by atoms with Crippen molar-refractivity contribution in [2.24, 2.45) is 0 Å². The summed E-state index contributed by atoms with van der Waals surface area (Å²) in [5, 5.41) is 54.0. The highest BCUT2D eigenvalue weighted by atomic mass is 16.7. The normalized spacial score (nSPS) is 20.1. The number of amides is 1. The van der Waals surface area contributed by atoms with Crippen molar-refractivity contribution in [3.8, 4) is 0 Å². The summed E-state index contributed by atoms with van der Waals surface area (Å²) >= 11 is 0. The van der Waals surface area contributed by atoms with Crippen molar-refractivity contribution in [3.63, 3.8) is 0 Å². The Hall–Kier alpha value is -2.64. The van der Waals surface area contributed by atoms with E-state index in [2.05, 4.69) is 54.8 Å². The first-order chi connectivity index (χ1) is 32.2. The van der Waals surface area contributed by atoms with Crippen molar-refractivity contribution >= 4 is 11.9 Å². The van der Waals surface area contributed by atoms with Crippen LogP contribution in [0.25, 0.3) is 0 Å². The van der Waals surface area contributed by atoms with Crippen LogP contribution in [-0.2, 0) is 23.8 Å². The second-order valence-electron chi connectivity index (χ2n) is 18.2. The molecule has 382 valence electrons. The van der Waals surface area contributed by atoms with E-state index in [0.717, 1.165) is 89.9 Å². The van der Waals surface area contributed by atoms with Gasteiger partial charge >= 0.3 is 5.97 Å². The number of hydrogen-bond donors (Lipinski definition) is 6. The third kappa shape index (κ3) is 34.6. The van der Waals surface area contributed by atoms with Gasteiger partial charge in [0.1, 0.15) is 24.4 Å². The molecule has 0 spiro atoms. The average molecular weight is 932 g/mol. The number of carbonyl (C=O) groups is 2. The highest BCUT2D eigenvalue weighted by Gasteiger charge is 2.44. The minimum Gasteiger partial charge on any atom is -0.466 e. The number of allylic oxidation sites excluding steroid dienone is 9. The maximum absolute atomic E-state index is 12.9. The lowest BCUT2D eigenvalue weighted by molar-refractivity contribution is -0.302. The van der Waals surface area contributed by atoms with Crippen molar-refractivity contribution in [1.82, 2.24) is 5.32 Å². The van der Waals surface area contributed by atoms with Gasteiger partial charge in [-0.25, -0.2) is 0 Å². The summed E-state index contributed by atoms with van der Waals surface area (Å²) in [5.41, 5.74) is 0. The van der Waals surface area contributed by atoms with Gasteiger partial charge in [-0.2, -0.15) is 0 Å². The number of nitrogens with one attached hydrogen (secondary N) is 1. The quantitative estimate of drug-likeness (QED) is 0.0196. The van der Waals surface area contributed by atoms with Gasteiger partial charge in [0.25, 0.3) is 0 Å². The van der Waals surface area contributed by atoms with Crippen LogP contribution in [0.3, 0.4) is 0 Å². The van der Waals surface area contributed by atoms with Crippen LogP contribution in [0.1, 0.15) is 213 Å². The molecule has 0 radical (unpaired) electrons. The number of aliphatic hydroxyl groups excluding tert-OH is 5. The minimum absolute atomic E-state index is 0.0265. The lowest BCUT2D eigenvalue weighted by atomic mass is 9.99. The second-order valence-corrected chi connectivity index (χ2v) is 18.2. The largest absolute Gasteiger partial charge is 0.466 e. The summed E-state index contributed by atoms with van der Waals surface area (Å²) in [7, 11) is 0. The van der Waals surface area contributed by atoms with E-state index >= 15 is 0 Å². The molecule has 11 heteroatoms. The Morgan fingerprint density at radius 1 is 0.576 bits per heavy atom. The standard InChI is InChI=1S/C55H97NO10/c1-3-5-7-9-11-13-22-27-31-35-39-43-51(60)64-44-40-36-32-28-24-21-19-17-15-14-16-18-20-23-26-30-34-38-42-50(59)56-47(48(58)41-37-33-29-25-12-10-8-6-4-2)46-65-55-54(63)53(62)52(61)49(45-57)66-55/h4,6,9,11-12,16,18,25,37,41,47-49,52-55,57-58,61-63H,3,5,7-8,10,13-15,17,19-24,26-36,38-40,42-46H2,1-2H3,(H,56,59)/b6-4+,11-9-,18-16-,25-12+,41-37+. The molecule has 0 bridgehead atoms. The molecule has 1 aliphatic rings. The molecule has 1 heterocycles. The molecule has 1 amide bonds. The van der Waals surface area contributed by atoms with Gasteiger partial charge in [-0.1, -0.05) is 164 Å². The van der Waals surface area contributed by atoms with Gasteiger partial charge in [0, 0.05) is 12.8 Å². The third-order valence-corrected chi connectivity index (χ3v) is 12.1. The predicted octanol–water partition coefficient (Wildman–Crippen LogP) is 11.1. The van der Waals surface area contributed by atoms with Crippen molar-refractivity contribution < 1.29 is 49.3 Å². The van der Waals surface area contributed by atoms with Crippen LogP contribution in [-0.4, -0.2) is 100 Å². The Bertz CT molecular complexity index is 1280. The summed E-state index contributed by atoms with van der Waals surface area (Å²) in [6, 6.07) is -0.844. The van der Waals surface area contributed by atoms with Gasteiger partial charge < -0.3 is 45.1 Å². The first-order valence-electron chi connectivity index (χ1n) is 26.5. The topological polar surface area (TPSA) is 175 Å². The number of esters is 1. The monoisotopic (exact) mass is 932 g/mol. The molecule has 1 fully saturated rings. The summed E-state index contributed by atoms with van der Waals surface area (Å²) in [6.07, 6.45) is 46.2. The van der Waals surface area contributed by atoms with Crippen molar-refractivity contribution in [3.05, 3.63) is 60.8 Å². The Morgan fingerprint density at radius 2 is 1.05 bits per heavy atom. The molecule has 7 atom stereocenters. The molecular weight excluding hydrogens is 835 g/mol. The predicted molar refractivity (Wildman–Crippen MR) is 269 cm³/mol. The first kappa shape index (κ1) is 61.4. The van der Waals surface area contributed by atoms with E-state index in [4.69, 9.17) is 14.2 Å². The van der Waals surface area contributed by atoms with Crippen LogP contribution in [0.15, 0.2) is 60.8 Å². The van der Waals surface area contributed by atoms with Gasteiger partial charge in [0.2, 0.25) is 5.91 Å². The molecule has 11 nitrogen and oxygen atoms in total. The maximum atomic E-state index is 12.9. The fourth-order valence-electron chi connectivity index (χ4n) is 7.86. The van der Waals surface area contributed by atoms with E-state index < -0.39 is 49.5 Å². The summed E-state index contributed by atoms with van der Waals surface area (Å²) in [5.74, 6) is -0.243. The summed E-state index contributed by atoms with van der Waals surface area (Å²) < 4.78 is 16.6. The Kier molecular flexibility index (Phi) is 41.7. The molecule has 6 N–H and O–H groups in total. The zero-order chi connectivity index (χ0) is 48.1. The summed E-state index contributed by atoms with van der Waals surface area (Å²) in [4.78, 5) is 24.9. The van der Waals surface area contributed by atoms with Crippen LogP contribution < -0.4 is 5.32 Å².